The fourth-order valence-corrected chi connectivity index (χ4v) is 3.46. The Balaban J connectivity index is 2.69. The number of allylic oxidation sites excluding steroid dienone is 2. The van der Waals surface area contributed by atoms with Crippen LogP contribution in [0.5, 0.6) is 28.7 Å². The minimum absolute atomic E-state index is 0.308. The zero-order chi connectivity index (χ0) is 24.9. The maximum Gasteiger partial charge on any atom is 0.203 e. The zero-order valence-electron chi connectivity index (χ0n) is 20.5. The molecule has 0 radical (unpaired) electrons. The number of aliphatic imine (C=N–C) groups is 1. The summed E-state index contributed by atoms with van der Waals surface area (Å²) >= 11 is 0. The molecule has 0 aromatic heterocycles. The molecule has 0 bridgehead atoms. The zero-order valence-corrected chi connectivity index (χ0v) is 20.5. The summed E-state index contributed by atoms with van der Waals surface area (Å²) in [5.74, 6) is 2.64. The highest BCUT2D eigenvalue weighted by molar-refractivity contribution is 6.34. The normalized spacial score (nSPS) is 11.4. The van der Waals surface area contributed by atoms with Crippen molar-refractivity contribution in [3.63, 3.8) is 0 Å². The molecule has 0 amide bonds. The van der Waals surface area contributed by atoms with Gasteiger partial charge in [-0.05, 0) is 55.2 Å². The molecule has 0 saturated carbocycles. The van der Waals surface area contributed by atoms with Crippen molar-refractivity contribution in [3.8, 4) is 34.8 Å². The van der Waals surface area contributed by atoms with Crippen LogP contribution in [0.25, 0.3) is 11.6 Å². The van der Waals surface area contributed by atoms with Gasteiger partial charge in [0.1, 0.15) is 11.8 Å². The minimum atomic E-state index is 0.308. The monoisotopic (exact) mass is 464 g/mol. The third kappa shape index (κ3) is 6.32. The predicted octanol–water partition coefficient (Wildman–Crippen LogP) is 5.59. The summed E-state index contributed by atoms with van der Waals surface area (Å²) in [6, 6.07) is 11.4. The molecule has 2 aromatic carbocycles. The molecular formula is C27H32N2O5. The second kappa shape index (κ2) is 13.6. The molecule has 0 aliphatic carbocycles. The summed E-state index contributed by atoms with van der Waals surface area (Å²) < 4.78 is 27.4. The largest absolute Gasteiger partial charge is 0.493 e. The van der Waals surface area contributed by atoms with Crippen LogP contribution in [0.15, 0.2) is 48.0 Å². The molecule has 2 rings (SSSR count). The van der Waals surface area contributed by atoms with Gasteiger partial charge in [0.2, 0.25) is 5.75 Å². The molecule has 7 nitrogen and oxygen atoms in total. The third-order valence-electron chi connectivity index (χ3n) is 5.18. The van der Waals surface area contributed by atoms with Crippen LogP contribution in [0.4, 0.5) is 0 Å². The average Bonchev–Trinajstić information content (AvgIpc) is 2.88. The van der Waals surface area contributed by atoms with Crippen LogP contribution < -0.4 is 23.7 Å². The van der Waals surface area contributed by atoms with Crippen molar-refractivity contribution in [3.05, 3.63) is 54.1 Å². The molecule has 0 atom stereocenters. The van der Waals surface area contributed by atoms with E-state index >= 15 is 0 Å². The summed E-state index contributed by atoms with van der Waals surface area (Å²) in [6.45, 7) is 4.28. The van der Waals surface area contributed by atoms with Gasteiger partial charge in [0, 0.05) is 17.7 Å². The molecule has 0 saturated heterocycles. The molecular weight excluding hydrogens is 432 g/mol. The lowest BCUT2D eigenvalue weighted by Gasteiger charge is -2.16. The Hall–Kier alpha value is -3.92. The number of hydrogen-bond donors (Lipinski definition) is 0. The van der Waals surface area contributed by atoms with Crippen molar-refractivity contribution < 1.29 is 23.7 Å². The Kier molecular flexibility index (Phi) is 10.5. The number of unbranched alkanes of at least 4 members (excludes halogenated alkanes) is 2. The first kappa shape index (κ1) is 26.3. The fourth-order valence-electron chi connectivity index (χ4n) is 3.46. The van der Waals surface area contributed by atoms with Gasteiger partial charge in [-0.3, -0.25) is 4.99 Å². The molecule has 2 aromatic rings. The van der Waals surface area contributed by atoms with Gasteiger partial charge in [0.25, 0.3) is 0 Å². The van der Waals surface area contributed by atoms with Crippen molar-refractivity contribution in [2.45, 2.75) is 19.3 Å². The summed E-state index contributed by atoms with van der Waals surface area (Å²) in [7, 11) is 7.82. The van der Waals surface area contributed by atoms with E-state index in [0.717, 1.165) is 24.8 Å². The molecule has 0 heterocycles. The van der Waals surface area contributed by atoms with Crippen molar-refractivity contribution in [2.75, 3.05) is 42.1 Å². The number of rotatable bonds is 13. The Morgan fingerprint density at radius 1 is 0.882 bits per heavy atom. The van der Waals surface area contributed by atoms with Crippen LogP contribution in [0, 0.1) is 11.3 Å². The van der Waals surface area contributed by atoms with Crippen LogP contribution in [-0.4, -0.2) is 47.8 Å². The highest BCUT2D eigenvalue weighted by Gasteiger charge is 2.18. The first-order valence-electron chi connectivity index (χ1n) is 10.9. The van der Waals surface area contributed by atoms with Crippen molar-refractivity contribution in [1.29, 1.82) is 5.26 Å². The van der Waals surface area contributed by atoms with Crippen LogP contribution in [0.2, 0.25) is 0 Å². The smallest absolute Gasteiger partial charge is 0.203 e. The van der Waals surface area contributed by atoms with E-state index in [1.165, 1.54) is 0 Å². The number of hydrogen-bond acceptors (Lipinski definition) is 7. The summed E-state index contributed by atoms with van der Waals surface area (Å²) in [5, 5.41) is 10.0. The summed E-state index contributed by atoms with van der Waals surface area (Å²) in [5.41, 5.74) is 2.39. The quantitative estimate of drug-likeness (QED) is 0.166. The van der Waals surface area contributed by atoms with Gasteiger partial charge in [-0.1, -0.05) is 12.1 Å². The van der Waals surface area contributed by atoms with Gasteiger partial charge in [0.05, 0.1) is 35.5 Å². The lowest BCUT2D eigenvalue weighted by molar-refractivity contribution is 0.324. The summed E-state index contributed by atoms with van der Waals surface area (Å²) in [4.78, 5) is 4.60. The number of methoxy groups -OCH3 is 5. The molecule has 0 aliphatic heterocycles. The van der Waals surface area contributed by atoms with Crippen molar-refractivity contribution in [2.24, 2.45) is 4.99 Å². The maximum absolute atomic E-state index is 10.0. The van der Waals surface area contributed by atoms with Gasteiger partial charge in [-0.2, -0.15) is 5.26 Å². The molecule has 0 N–H and O–H groups in total. The fraction of sp³-hybridized carbons (Fsp3) is 0.333. The average molecular weight is 465 g/mol. The SMILES string of the molecule is C=CCCCC/N=C(C#N)\C(=C\c1ccc(OC)c(OC)c1OC)c1ccc(OC)c(OC)c1. The lowest BCUT2D eigenvalue weighted by atomic mass is 9.97. The molecule has 180 valence electrons. The van der Waals surface area contributed by atoms with Crippen LogP contribution in [0.1, 0.15) is 30.4 Å². The molecule has 34 heavy (non-hydrogen) atoms. The van der Waals surface area contributed by atoms with Crippen LogP contribution >= 0.6 is 0 Å². The highest BCUT2D eigenvalue weighted by atomic mass is 16.5. The molecule has 0 aliphatic rings. The van der Waals surface area contributed by atoms with E-state index in [-0.39, 0.29) is 0 Å². The standard InChI is InChI=1S/C27H32N2O5/c1-7-8-9-10-15-29-22(18-28)21(19-11-13-23(30-2)25(17-19)32-4)16-20-12-14-24(31-3)27(34-6)26(20)33-5/h7,11-14,16-17H,1,8-10,15H2,2-6H3/b21-16+,29-22-. The van der Waals surface area contributed by atoms with Crippen LogP contribution in [0.3, 0.4) is 0 Å². The number of nitrogens with zero attached hydrogens (tertiary/aromatic N) is 2. The Morgan fingerprint density at radius 3 is 2.15 bits per heavy atom. The van der Waals surface area contributed by atoms with E-state index < -0.39 is 0 Å². The first-order chi connectivity index (χ1) is 16.6. The number of nitriles is 1. The van der Waals surface area contributed by atoms with E-state index in [1.807, 2.05) is 30.4 Å². The predicted molar refractivity (Wildman–Crippen MR) is 135 cm³/mol. The van der Waals surface area contributed by atoms with Crippen LogP contribution in [-0.2, 0) is 0 Å². The van der Waals surface area contributed by atoms with Gasteiger partial charge in [-0.15, -0.1) is 6.58 Å². The first-order valence-corrected chi connectivity index (χ1v) is 10.9. The molecule has 7 heteroatoms. The second-order valence-corrected chi connectivity index (χ2v) is 7.18. The highest BCUT2D eigenvalue weighted by Crippen LogP contribution is 2.41. The minimum Gasteiger partial charge on any atom is -0.493 e. The van der Waals surface area contributed by atoms with Gasteiger partial charge in [0.15, 0.2) is 23.0 Å². The number of benzene rings is 2. The second-order valence-electron chi connectivity index (χ2n) is 7.18. The third-order valence-corrected chi connectivity index (χ3v) is 5.18. The summed E-state index contributed by atoms with van der Waals surface area (Å²) in [6.07, 6.45) is 6.47. The Bertz CT molecular complexity index is 1080. The molecule has 0 fully saturated rings. The van der Waals surface area contributed by atoms with Gasteiger partial charge < -0.3 is 23.7 Å². The topological polar surface area (TPSA) is 82.3 Å². The van der Waals surface area contributed by atoms with E-state index in [9.17, 15) is 5.26 Å². The maximum atomic E-state index is 10.0. The van der Waals surface area contributed by atoms with E-state index in [2.05, 4.69) is 17.6 Å². The molecule has 0 unspecified atom stereocenters. The van der Waals surface area contributed by atoms with Gasteiger partial charge >= 0.3 is 0 Å². The molecule has 0 spiro atoms. The number of ether oxygens (including phenoxy) is 5. The Morgan fingerprint density at radius 2 is 1.56 bits per heavy atom. The van der Waals surface area contributed by atoms with E-state index in [4.69, 9.17) is 23.7 Å². The Labute approximate surface area is 201 Å². The van der Waals surface area contributed by atoms with Gasteiger partial charge in [-0.25, -0.2) is 0 Å². The lowest BCUT2D eigenvalue weighted by Crippen LogP contribution is -2.03. The van der Waals surface area contributed by atoms with Crippen molar-refractivity contribution in [1.82, 2.24) is 0 Å². The van der Waals surface area contributed by atoms with E-state index in [1.54, 1.807) is 47.7 Å². The van der Waals surface area contributed by atoms with Crippen molar-refractivity contribution >= 4 is 17.4 Å². The van der Waals surface area contributed by atoms with E-state index in [0.29, 0.717) is 52.1 Å².